The molecule has 1 saturated heterocycles. The van der Waals surface area contributed by atoms with Crippen molar-refractivity contribution in [2.24, 2.45) is 0 Å². The zero-order chi connectivity index (χ0) is 11.5. The summed E-state index contributed by atoms with van der Waals surface area (Å²) < 4.78 is 7.08. The Morgan fingerprint density at radius 3 is 3.12 bits per heavy atom. The van der Waals surface area contributed by atoms with Gasteiger partial charge in [-0.3, -0.25) is 4.68 Å². The fourth-order valence-electron chi connectivity index (χ4n) is 2.11. The smallest absolute Gasteiger partial charge is 0.162 e. The molecule has 1 aliphatic heterocycles. The summed E-state index contributed by atoms with van der Waals surface area (Å²) in [6.45, 7) is 2.78. The van der Waals surface area contributed by atoms with E-state index in [1.807, 2.05) is 23.4 Å². The summed E-state index contributed by atoms with van der Waals surface area (Å²) in [5.74, 6) is 1.84. The van der Waals surface area contributed by atoms with Gasteiger partial charge in [-0.1, -0.05) is 0 Å². The molecule has 1 N–H and O–H groups in total. The van der Waals surface area contributed by atoms with E-state index >= 15 is 0 Å². The number of nitrogens with zero attached hydrogens (tertiary/aromatic N) is 2. The minimum Gasteiger partial charge on any atom is -0.493 e. The summed E-state index contributed by atoms with van der Waals surface area (Å²) in [5, 5.41) is 14.9. The van der Waals surface area contributed by atoms with Crippen molar-refractivity contribution in [3.05, 3.63) is 11.9 Å². The fourth-order valence-corrected chi connectivity index (χ4v) is 3.39. The molecule has 0 spiro atoms. The minimum absolute atomic E-state index is 0.288. The van der Waals surface area contributed by atoms with Crippen molar-refractivity contribution in [3.8, 4) is 5.75 Å². The molecule has 1 fully saturated rings. The lowest BCUT2D eigenvalue weighted by Crippen LogP contribution is -2.17. The average Bonchev–Trinajstić information content (AvgIpc) is 2.96. The third-order valence-corrected chi connectivity index (χ3v) is 4.41. The Morgan fingerprint density at radius 2 is 2.56 bits per heavy atom. The van der Waals surface area contributed by atoms with Gasteiger partial charge < -0.3 is 9.84 Å². The van der Waals surface area contributed by atoms with E-state index in [1.54, 1.807) is 13.3 Å². The molecule has 2 heterocycles. The molecule has 1 aliphatic rings. The van der Waals surface area contributed by atoms with Crippen LogP contribution >= 0.6 is 11.8 Å². The Kier molecular flexibility index (Phi) is 3.76. The summed E-state index contributed by atoms with van der Waals surface area (Å²) in [5.41, 5.74) is 0.824. The number of aliphatic hydroxyl groups excluding tert-OH is 1. The third-order valence-electron chi connectivity index (χ3n) is 2.96. The first-order valence-corrected chi connectivity index (χ1v) is 6.72. The van der Waals surface area contributed by atoms with Crippen LogP contribution in [0.25, 0.3) is 0 Å². The molecule has 4 nitrogen and oxygen atoms in total. The lowest BCUT2D eigenvalue weighted by atomic mass is 10.1. The average molecular weight is 242 g/mol. The molecule has 1 aromatic rings. The van der Waals surface area contributed by atoms with E-state index in [4.69, 9.17) is 4.74 Å². The monoisotopic (exact) mass is 242 g/mol. The van der Waals surface area contributed by atoms with Crippen LogP contribution in [0.15, 0.2) is 6.20 Å². The lowest BCUT2D eigenvalue weighted by molar-refractivity contribution is 0.158. The van der Waals surface area contributed by atoms with Crippen molar-refractivity contribution in [3.63, 3.8) is 0 Å². The van der Waals surface area contributed by atoms with Crippen LogP contribution in [0, 0.1) is 0 Å². The maximum Gasteiger partial charge on any atom is 0.162 e. The normalized spacial score (nSPS) is 22.3. The minimum atomic E-state index is -0.468. The van der Waals surface area contributed by atoms with E-state index in [-0.39, 0.29) is 5.25 Å². The fraction of sp³-hybridized carbons (Fsp3) is 0.727. The van der Waals surface area contributed by atoms with Crippen LogP contribution in [-0.4, -0.2) is 33.0 Å². The van der Waals surface area contributed by atoms with E-state index in [9.17, 15) is 5.11 Å². The number of methoxy groups -OCH3 is 1. The number of aromatic nitrogens is 2. The highest BCUT2D eigenvalue weighted by atomic mass is 32.2. The Hall–Kier alpha value is -0.680. The molecular weight excluding hydrogens is 224 g/mol. The second-order valence-electron chi connectivity index (χ2n) is 3.91. The lowest BCUT2D eigenvalue weighted by Gasteiger charge is -2.19. The van der Waals surface area contributed by atoms with Gasteiger partial charge in [-0.25, -0.2) is 0 Å². The summed E-state index contributed by atoms with van der Waals surface area (Å²) in [4.78, 5) is 0. The van der Waals surface area contributed by atoms with Gasteiger partial charge in [0.15, 0.2) is 5.75 Å². The van der Waals surface area contributed by atoms with Crippen molar-refractivity contribution < 1.29 is 9.84 Å². The molecule has 0 aromatic carbocycles. The topological polar surface area (TPSA) is 47.3 Å². The molecule has 5 heteroatoms. The molecule has 0 radical (unpaired) electrons. The summed E-state index contributed by atoms with van der Waals surface area (Å²) in [6.07, 6.45) is 3.48. The largest absolute Gasteiger partial charge is 0.493 e. The standard InChI is InChI=1S/C11H18N2O2S/c1-3-13-10(8(15-2)7-12-13)11(14)9-5-4-6-16-9/h7,9,11,14H,3-6H2,1-2H3. The first kappa shape index (κ1) is 11.8. The summed E-state index contributed by atoms with van der Waals surface area (Å²) in [7, 11) is 1.62. The predicted octanol–water partition coefficient (Wildman–Crippen LogP) is 1.84. The van der Waals surface area contributed by atoms with Crippen LogP contribution in [0.4, 0.5) is 0 Å². The molecule has 0 aliphatic carbocycles. The molecular formula is C11H18N2O2S. The molecule has 2 unspecified atom stereocenters. The van der Waals surface area contributed by atoms with Gasteiger partial charge >= 0.3 is 0 Å². The van der Waals surface area contributed by atoms with E-state index < -0.39 is 6.10 Å². The number of aliphatic hydroxyl groups is 1. The van der Waals surface area contributed by atoms with Gasteiger partial charge in [0.1, 0.15) is 11.8 Å². The van der Waals surface area contributed by atoms with Crippen molar-refractivity contribution in [1.29, 1.82) is 0 Å². The maximum absolute atomic E-state index is 10.4. The number of aryl methyl sites for hydroxylation is 1. The highest BCUT2D eigenvalue weighted by Gasteiger charge is 2.30. The van der Waals surface area contributed by atoms with Gasteiger partial charge in [0.25, 0.3) is 0 Å². The number of thioether (sulfide) groups is 1. The van der Waals surface area contributed by atoms with Gasteiger partial charge in [0.05, 0.1) is 13.3 Å². The molecule has 2 atom stereocenters. The second-order valence-corrected chi connectivity index (χ2v) is 5.26. The zero-order valence-corrected chi connectivity index (χ0v) is 10.5. The summed E-state index contributed by atoms with van der Waals surface area (Å²) >= 11 is 1.84. The second kappa shape index (κ2) is 5.10. The quantitative estimate of drug-likeness (QED) is 0.875. The van der Waals surface area contributed by atoms with Gasteiger partial charge in [0.2, 0.25) is 0 Å². The van der Waals surface area contributed by atoms with Crippen molar-refractivity contribution in [1.82, 2.24) is 9.78 Å². The molecule has 0 bridgehead atoms. The Bertz CT molecular complexity index is 326. The molecule has 16 heavy (non-hydrogen) atoms. The highest BCUT2D eigenvalue weighted by Crippen LogP contribution is 2.38. The molecule has 2 rings (SSSR count). The van der Waals surface area contributed by atoms with Gasteiger partial charge in [-0.15, -0.1) is 0 Å². The summed E-state index contributed by atoms with van der Waals surface area (Å²) in [6, 6.07) is 0. The van der Waals surface area contributed by atoms with Crippen molar-refractivity contribution in [2.75, 3.05) is 12.9 Å². The molecule has 1 aromatic heterocycles. The van der Waals surface area contributed by atoms with Gasteiger partial charge in [-0.05, 0) is 25.5 Å². The third kappa shape index (κ3) is 2.06. The van der Waals surface area contributed by atoms with Crippen molar-refractivity contribution in [2.45, 2.75) is 37.7 Å². The van der Waals surface area contributed by atoms with Crippen LogP contribution in [0.3, 0.4) is 0 Å². The van der Waals surface area contributed by atoms with Gasteiger partial charge in [0, 0.05) is 11.8 Å². The van der Waals surface area contributed by atoms with Crippen LogP contribution in [-0.2, 0) is 6.54 Å². The van der Waals surface area contributed by atoms with E-state index in [2.05, 4.69) is 5.10 Å². The zero-order valence-electron chi connectivity index (χ0n) is 9.72. The first-order valence-electron chi connectivity index (χ1n) is 5.67. The Balaban J connectivity index is 2.25. The van der Waals surface area contributed by atoms with Crippen molar-refractivity contribution >= 4 is 11.8 Å². The Morgan fingerprint density at radius 1 is 1.75 bits per heavy atom. The number of rotatable bonds is 4. The van der Waals surface area contributed by atoms with Crippen LogP contribution in [0.5, 0.6) is 5.75 Å². The van der Waals surface area contributed by atoms with Crippen LogP contribution in [0.2, 0.25) is 0 Å². The van der Waals surface area contributed by atoms with Crippen LogP contribution in [0.1, 0.15) is 31.6 Å². The molecule has 0 saturated carbocycles. The number of ether oxygens (including phenoxy) is 1. The Labute approximate surface area is 100.0 Å². The SMILES string of the molecule is CCn1ncc(OC)c1C(O)C1CCCS1. The molecule has 90 valence electrons. The predicted molar refractivity (Wildman–Crippen MR) is 64.9 cm³/mol. The molecule has 0 amide bonds. The van der Waals surface area contributed by atoms with Crippen LogP contribution < -0.4 is 4.74 Å². The number of hydrogen-bond donors (Lipinski definition) is 1. The maximum atomic E-state index is 10.4. The first-order chi connectivity index (χ1) is 7.77. The van der Waals surface area contributed by atoms with Gasteiger partial charge in [-0.2, -0.15) is 16.9 Å². The van der Waals surface area contributed by atoms with E-state index in [1.165, 1.54) is 6.42 Å². The van der Waals surface area contributed by atoms with E-state index in [0.29, 0.717) is 5.75 Å². The highest BCUT2D eigenvalue weighted by molar-refractivity contribution is 8.00. The number of hydrogen-bond acceptors (Lipinski definition) is 4. The van der Waals surface area contributed by atoms with E-state index in [0.717, 1.165) is 24.4 Å².